The average Bonchev–Trinajstić information content (AvgIpc) is 3.09. The van der Waals surface area contributed by atoms with Crippen LogP contribution in [0, 0.1) is 19.7 Å². The van der Waals surface area contributed by atoms with Crippen LogP contribution >= 0.6 is 35.0 Å². The van der Waals surface area contributed by atoms with E-state index < -0.39 is 17.0 Å². The summed E-state index contributed by atoms with van der Waals surface area (Å²) in [6.45, 7) is 3.53. The summed E-state index contributed by atoms with van der Waals surface area (Å²) in [6, 6.07) is 14.4. The van der Waals surface area contributed by atoms with E-state index in [2.05, 4.69) is 5.32 Å². The summed E-state index contributed by atoms with van der Waals surface area (Å²) in [5, 5.41) is 2.73. The fraction of sp³-hybridized carbons (Fsp3) is 0.148. The Morgan fingerprint density at radius 3 is 2.57 bits per heavy atom. The van der Waals surface area contributed by atoms with Gasteiger partial charge in [0.25, 0.3) is 17.1 Å². The topological polar surface area (TPSA) is 75.7 Å². The lowest BCUT2D eigenvalue weighted by molar-refractivity contribution is -0.123. The highest BCUT2D eigenvalue weighted by Gasteiger charge is 2.35. The molecule has 1 aliphatic rings. The van der Waals surface area contributed by atoms with E-state index in [-0.39, 0.29) is 34.0 Å². The lowest BCUT2D eigenvalue weighted by Crippen LogP contribution is -2.27. The van der Waals surface area contributed by atoms with Crippen LogP contribution in [0.1, 0.15) is 22.3 Å². The molecule has 190 valence electrons. The molecule has 0 atom stereocenters. The highest BCUT2D eigenvalue weighted by molar-refractivity contribution is 8.18. The predicted octanol–water partition coefficient (Wildman–Crippen LogP) is 7.00. The molecule has 0 unspecified atom stereocenters. The molecule has 6 nitrogen and oxygen atoms in total. The van der Waals surface area contributed by atoms with E-state index in [1.807, 2.05) is 32.0 Å². The Labute approximate surface area is 227 Å². The van der Waals surface area contributed by atoms with Crippen LogP contribution in [-0.4, -0.2) is 28.6 Å². The molecule has 1 N–H and O–H groups in total. The number of nitrogens with zero attached hydrogens (tertiary/aromatic N) is 1. The first-order chi connectivity index (χ1) is 17.6. The summed E-state index contributed by atoms with van der Waals surface area (Å²) in [5.74, 6) is -1.03. The van der Waals surface area contributed by atoms with Gasteiger partial charge in [0.05, 0.1) is 16.5 Å². The average molecular weight is 559 g/mol. The molecule has 1 saturated heterocycles. The summed E-state index contributed by atoms with van der Waals surface area (Å²) in [6.07, 6.45) is 1.54. The zero-order chi connectivity index (χ0) is 26.7. The van der Waals surface area contributed by atoms with Crippen LogP contribution in [0.2, 0.25) is 10.0 Å². The van der Waals surface area contributed by atoms with Crippen molar-refractivity contribution < 1.29 is 23.5 Å². The van der Waals surface area contributed by atoms with E-state index in [9.17, 15) is 18.8 Å². The number of imide groups is 1. The minimum absolute atomic E-state index is 0.0706. The molecule has 1 heterocycles. The molecule has 0 aliphatic carbocycles. The minimum Gasteiger partial charge on any atom is -0.482 e. The quantitative estimate of drug-likeness (QED) is 0.316. The number of hydrogen-bond acceptors (Lipinski definition) is 5. The highest BCUT2D eigenvalue weighted by atomic mass is 35.5. The van der Waals surface area contributed by atoms with Gasteiger partial charge < -0.3 is 10.1 Å². The lowest BCUT2D eigenvalue weighted by atomic mass is 10.1. The fourth-order valence-corrected chi connectivity index (χ4v) is 4.84. The van der Waals surface area contributed by atoms with Crippen molar-refractivity contribution in [3.8, 4) is 5.75 Å². The molecule has 37 heavy (non-hydrogen) atoms. The Morgan fingerprint density at radius 1 is 1.05 bits per heavy atom. The molecule has 0 spiro atoms. The van der Waals surface area contributed by atoms with E-state index in [1.165, 1.54) is 12.1 Å². The predicted molar refractivity (Wildman–Crippen MR) is 144 cm³/mol. The summed E-state index contributed by atoms with van der Waals surface area (Å²) in [4.78, 5) is 38.8. The SMILES string of the molecule is Cc1ccc(C)c(NC(=O)COc2ccc(/C=C3\SC(=O)N(Cc4ccc(F)cc4Cl)C3=O)cc2Cl)c1. The Hall–Kier alpha value is -3.33. The maximum Gasteiger partial charge on any atom is 0.293 e. The first kappa shape index (κ1) is 26.7. The third kappa shape index (κ3) is 6.52. The number of rotatable bonds is 7. The number of anilines is 1. The Bertz CT molecular complexity index is 1440. The third-order valence-electron chi connectivity index (χ3n) is 5.50. The van der Waals surface area contributed by atoms with Crippen LogP contribution in [0.5, 0.6) is 5.75 Å². The van der Waals surface area contributed by atoms with Gasteiger partial charge in [-0.15, -0.1) is 0 Å². The van der Waals surface area contributed by atoms with Gasteiger partial charge >= 0.3 is 0 Å². The first-order valence-electron chi connectivity index (χ1n) is 11.1. The van der Waals surface area contributed by atoms with Crippen LogP contribution in [0.4, 0.5) is 14.9 Å². The molecular weight excluding hydrogens is 538 g/mol. The molecular formula is C27H21Cl2FN2O4S. The molecule has 4 rings (SSSR count). The third-order valence-corrected chi connectivity index (χ3v) is 7.05. The monoisotopic (exact) mass is 558 g/mol. The Kier molecular flexibility index (Phi) is 8.22. The molecule has 0 saturated carbocycles. The van der Waals surface area contributed by atoms with E-state index in [4.69, 9.17) is 27.9 Å². The first-order valence-corrected chi connectivity index (χ1v) is 12.7. The van der Waals surface area contributed by atoms with Crippen LogP contribution in [-0.2, 0) is 16.1 Å². The molecule has 1 fully saturated rings. The van der Waals surface area contributed by atoms with Gasteiger partial charge in [-0.3, -0.25) is 19.3 Å². The van der Waals surface area contributed by atoms with Gasteiger partial charge in [0.2, 0.25) is 0 Å². The smallest absolute Gasteiger partial charge is 0.293 e. The normalized spacial score (nSPS) is 14.4. The second-order valence-corrected chi connectivity index (χ2v) is 10.2. The lowest BCUT2D eigenvalue weighted by Gasteiger charge is -2.13. The number of ether oxygens (including phenoxy) is 1. The van der Waals surface area contributed by atoms with Gasteiger partial charge in [-0.2, -0.15) is 0 Å². The number of aryl methyl sites for hydroxylation is 2. The fourth-order valence-electron chi connectivity index (χ4n) is 3.53. The molecule has 3 amide bonds. The van der Waals surface area contributed by atoms with Crippen LogP contribution in [0.3, 0.4) is 0 Å². The number of thioether (sulfide) groups is 1. The summed E-state index contributed by atoms with van der Waals surface area (Å²) in [5.41, 5.74) is 3.70. The van der Waals surface area contributed by atoms with Gasteiger partial charge in [0, 0.05) is 10.7 Å². The molecule has 3 aromatic carbocycles. The van der Waals surface area contributed by atoms with Gasteiger partial charge in [0.1, 0.15) is 11.6 Å². The van der Waals surface area contributed by atoms with Crippen molar-refractivity contribution in [2.75, 3.05) is 11.9 Å². The second-order valence-electron chi connectivity index (χ2n) is 8.35. The number of halogens is 3. The number of amides is 3. The van der Waals surface area contributed by atoms with Crippen molar-refractivity contribution in [1.82, 2.24) is 4.90 Å². The van der Waals surface area contributed by atoms with Crippen molar-refractivity contribution in [2.45, 2.75) is 20.4 Å². The minimum atomic E-state index is -0.505. The van der Waals surface area contributed by atoms with Crippen molar-refractivity contribution in [3.63, 3.8) is 0 Å². The van der Waals surface area contributed by atoms with Crippen molar-refractivity contribution in [2.24, 2.45) is 0 Å². The van der Waals surface area contributed by atoms with Crippen molar-refractivity contribution in [3.05, 3.63) is 97.6 Å². The molecule has 0 aromatic heterocycles. The summed E-state index contributed by atoms with van der Waals surface area (Å²) < 4.78 is 18.9. The zero-order valence-electron chi connectivity index (χ0n) is 19.8. The number of benzene rings is 3. The van der Waals surface area contributed by atoms with Gasteiger partial charge in [-0.1, -0.05) is 47.5 Å². The van der Waals surface area contributed by atoms with E-state index in [0.717, 1.165) is 33.9 Å². The summed E-state index contributed by atoms with van der Waals surface area (Å²) in [7, 11) is 0. The number of hydrogen-bond donors (Lipinski definition) is 1. The number of carbonyl (C=O) groups excluding carboxylic acids is 3. The number of nitrogens with one attached hydrogen (secondary N) is 1. The zero-order valence-corrected chi connectivity index (χ0v) is 22.1. The number of carbonyl (C=O) groups is 3. The largest absolute Gasteiger partial charge is 0.482 e. The Morgan fingerprint density at radius 2 is 1.84 bits per heavy atom. The Balaban J connectivity index is 1.40. The van der Waals surface area contributed by atoms with Gasteiger partial charge in [0.15, 0.2) is 6.61 Å². The van der Waals surface area contributed by atoms with Crippen LogP contribution in [0.25, 0.3) is 6.08 Å². The molecule has 0 bridgehead atoms. The van der Waals surface area contributed by atoms with E-state index in [1.54, 1.807) is 24.3 Å². The molecule has 1 aliphatic heterocycles. The van der Waals surface area contributed by atoms with Gasteiger partial charge in [-0.25, -0.2) is 4.39 Å². The second kappa shape index (κ2) is 11.4. The van der Waals surface area contributed by atoms with Crippen molar-refractivity contribution >= 4 is 63.8 Å². The van der Waals surface area contributed by atoms with E-state index >= 15 is 0 Å². The molecule has 10 heteroatoms. The maximum absolute atomic E-state index is 13.3. The maximum atomic E-state index is 13.3. The summed E-state index contributed by atoms with van der Waals surface area (Å²) >= 11 is 13.2. The van der Waals surface area contributed by atoms with Gasteiger partial charge in [-0.05, 0) is 84.3 Å². The van der Waals surface area contributed by atoms with Crippen LogP contribution < -0.4 is 10.1 Å². The molecule has 3 aromatic rings. The van der Waals surface area contributed by atoms with Crippen molar-refractivity contribution in [1.29, 1.82) is 0 Å². The highest BCUT2D eigenvalue weighted by Crippen LogP contribution is 2.35. The molecule has 0 radical (unpaired) electrons. The van der Waals surface area contributed by atoms with E-state index in [0.29, 0.717) is 22.6 Å². The standard InChI is InChI=1S/C27H21Cl2FN2O4S/c1-15-3-4-16(2)22(9-15)31-25(33)14-36-23-8-5-17(10-21(23)29)11-24-26(34)32(27(35)37-24)13-18-6-7-19(30)12-20(18)28/h3-12H,13-14H2,1-2H3,(H,31,33)/b24-11-. The van der Waals surface area contributed by atoms with Crippen LogP contribution in [0.15, 0.2) is 59.5 Å².